The Bertz CT molecular complexity index is 4830. The largest absolute Gasteiger partial charge is 0.391 e. The van der Waals surface area contributed by atoms with Crippen LogP contribution in [0.15, 0.2) is 78.8 Å². The first-order valence-electron chi connectivity index (χ1n) is 32.2. The van der Waals surface area contributed by atoms with Gasteiger partial charge in [0.1, 0.15) is 73.6 Å². The van der Waals surface area contributed by atoms with Gasteiger partial charge in [-0.3, -0.25) is 62.4 Å². The van der Waals surface area contributed by atoms with Crippen molar-refractivity contribution in [1.82, 2.24) is 58.0 Å². The zero-order chi connectivity index (χ0) is 81.5. The fourth-order valence-corrected chi connectivity index (χ4v) is 12.0. The van der Waals surface area contributed by atoms with Crippen LogP contribution in [0.25, 0.3) is 0 Å². The standard InChI is InChI=1S/2C14H18N2O6.C13H15FN2O6.2C12H15N3O6/c2*1-4-5-14(21)11(19)10(8(3)17)22-12(14)16-7(2)6-9(18)15-13(16)20;1-3-4-13(21)9(18)8(6(2)17)22-11(13)16-5-7(14)10(19)15-12(16)20;1-3-4-12(20)8(17)7(6(2)16)21-9(12)15-5-13-10(18)14-11(15)19;1-3-4-12(20)9(18)8(6(2)16)21-10(12)15-11(19)14-7(17)5-13-15/h2*6,8,10-12,17,19,21H,1-3H3,(H,15,18,20);5-6,8-9,11,17-18,21H,1-2H3,(H,15,19,20);5-9,16-17,20H,1-2H3,(H,14,18,19);5-6,8-10,16,18,20H,1-2H3,(H,14,17,19)/t8-,10+,11-,12+,14?;8-,10-,11+,12-,14?;6-,8-,9+,11-,13?;6-,7-,8+,9-,12?;6-,8-,9+,10-,12?/m01111/s1. The second-order valence-electron chi connectivity index (χ2n) is 25.0. The van der Waals surface area contributed by atoms with Crippen molar-refractivity contribution < 1.29 is 105 Å². The molecule has 5 saturated heterocycles. The van der Waals surface area contributed by atoms with Crippen molar-refractivity contribution in [3.8, 4) is 59.2 Å². The van der Waals surface area contributed by atoms with Crippen LogP contribution in [0.5, 0.6) is 0 Å². The molecule has 0 amide bonds. The minimum absolute atomic E-state index is 0.230. The molecule has 20 N–H and O–H groups in total. The number of aliphatic hydroxyl groups excluding tert-OH is 10. The molecular weight excluding hydrogens is 1450 g/mol. The Morgan fingerprint density at radius 1 is 0.426 bits per heavy atom. The first-order valence-corrected chi connectivity index (χ1v) is 32.2. The van der Waals surface area contributed by atoms with Gasteiger partial charge in [-0.2, -0.15) is 19.2 Å². The monoisotopic (exact) mass is 1530 g/mol. The maximum absolute atomic E-state index is 13.4. The Morgan fingerprint density at radius 3 is 1.04 bits per heavy atom. The molecule has 25 atom stereocenters. The molecule has 5 aromatic heterocycles. The Hall–Kier alpha value is -9.81. The molecule has 42 nitrogen and oxygen atoms in total. The van der Waals surface area contributed by atoms with Gasteiger partial charge in [-0.1, -0.05) is 29.6 Å². The summed E-state index contributed by atoms with van der Waals surface area (Å²) in [6.07, 6.45) is -24.2. The number of nitrogens with one attached hydrogen (secondary N) is 5. The SMILES string of the molecule is CC#CC1(O)[C@@H](O)[C@@H]([C@@H](C)O)O[C@H]1n1c(C)cc(=O)[nH]c1=O.CC#CC1(O)[C@@H](O)[C@@H]([C@@H](C)O)O[C@H]1n1cc(F)c(=O)[nH]c1=O.CC#CC1(O)[C@@H](O)[C@@H]([C@@H](C)O)O[C@H]1n1cnc(=O)[nH]c1=O.CC#CC1(O)[C@@H](O)[C@@H]([C@@H](C)O)O[C@H]1n1ncc(=O)[nH]c1=O.CC#CC1(O)[C@@H](O)[C@@H]([C@H](C)O)O[C@H]1n1c(C)cc(=O)[nH]c1=O. The third kappa shape index (κ3) is 17.3. The molecule has 0 bridgehead atoms. The highest BCUT2D eigenvalue weighted by Crippen LogP contribution is 2.43. The van der Waals surface area contributed by atoms with Gasteiger partial charge < -0.3 is 100 Å². The summed E-state index contributed by atoms with van der Waals surface area (Å²) in [5.74, 6) is 22.9. The van der Waals surface area contributed by atoms with Crippen molar-refractivity contribution in [2.75, 3.05) is 0 Å². The van der Waals surface area contributed by atoms with E-state index in [4.69, 9.17) is 23.7 Å². The smallest absolute Gasteiger partial charge is 0.350 e. The van der Waals surface area contributed by atoms with Crippen LogP contribution in [0.1, 0.15) is 112 Å². The van der Waals surface area contributed by atoms with Crippen LogP contribution >= 0.6 is 0 Å². The fraction of sp³-hybridized carbons (Fsp3) is 0.569. The van der Waals surface area contributed by atoms with Crippen molar-refractivity contribution in [3.63, 3.8) is 0 Å². The Balaban J connectivity index is 0.000000211. The van der Waals surface area contributed by atoms with Gasteiger partial charge in [0.25, 0.3) is 22.2 Å². The van der Waals surface area contributed by atoms with Crippen molar-refractivity contribution in [1.29, 1.82) is 0 Å². The van der Waals surface area contributed by atoms with Gasteiger partial charge in [0, 0.05) is 23.5 Å². The molecule has 5 fully saturated rings. The van der Waals surface area contributed by atoms with E-state index in [-0.39, 0.29) is 11.4 Å². The van der Waals surface area contributed by atoms with E-state index >= 15 is 0 Å². The van der Waals surface area contributed by atoms with Crippen molar-refractivity contribution in [2.45, 2.75) is 234 Å². The van der Waals surface area contributed by atoms with E-state index in [9.17, 15) is 129 Å². The van der Waals surface area contributed by atoms with Crippen LogP contribution < -0.4 is 56.4 Å². The zero-order valence-electron chi connectivity index (χ0n) is 59.3. The van der Waals surface area contributed by atoms with E-state index in [0.717, 1.165) is 38.4 Å². The van der Waals surface area contributed by atoms with Crippen LogP contribution in [0.3, 0.4) is 0 Å². The number of aromatic nitrogens is 12. The quantitative estimate of drug-likeness (QED) is 0.0577. The molecule has 0 radical (unpaired) electrons. The molecule has 10 rings (SSSR count). The van der Waals surface area contributed by atoms with Gasteiger partial charge >= 0.3 is 34.1 Å². The molecule has 5 aliphatic rings. The summed E-state index contributed by atoms with van der Waals surface area (Å²) in [5, 5.41) is 156. The number of nitrogens with zero attached hydrogens (tertiary/aromatic N) is 7. The minimum Gasteiger partial charge on any atom is -0.391 e. The van der Waals surface area contributed by atoms with Crippen LogP contribution in [-0.2, 0) is 23.7 Å². The van der Waals surface area contributed by atoms with Crippen LogP contribution in [0.2, 0.25) is 0 Å². The normalized spacial score (nSPS) is 32.7. The summed E-state index contributed by atoms with van der Waals surface area (Å²) >= 11 is 0. The fourth-order valence-electron chi connectivity index (χ4n) is 12.0. The Morgan fingerprint density at radius 2 is 0.722 bits per heavy atom. The van der Waals surface area contributed by atoms with E-state index in [2.05, 4.69) is 79.3 Å². The van der Waals surface area contributed by atoms with Gasteiger partial charge in [-0.15, -0.1) is 29.6 Å². The average Bonchev–Trinajstić information content (AvgIpc) is 1.66. The predicted octanol–water partition coefficient (Wildman–Crippen LogP) is -10.8. The van der Waals surface area contributed by atoms with Crippen LogP contribution in [0, 0.1) is 78.9 Å². The number of aromatic amines is 5. The number of hydrogen-bond donors (Lipinski definition) is 20. The number of halogens is 1. The molecule has 0 spiro atoms. The molecule has 10 heterocycles. The third-order valence-electron chi connectivity index (χ3n) is 17.1. The summed E-state index contributed by atoms with van der Waals surface area (Å²) in [5.41, 5.74) is -18.7. The number of H-pyrrole nitrogens is 5. The minimum atomic E-state index is -2.26. The summed E-state index contributed by atoms with van der Waals surface area (Å²) in [4.78, 5) is 128. The molecule has 0 aliphatic carbocycles. The molecule has 43 heteroatoms. The molecule has 5 aliphatic heterocycles. The van der Waals surface area contributed by atoms with E-state index < -0.39 is 213 Å². The lowest BCUT2D eigenvalue weighted by Gasteiger charge is -2.27. The molecular formula is C65H81FN12O30. The Labute approximate surface area is 606 Å². The van der Waals surface area contributed by atoms with Crippen molar-refractivity contribution in [3.05, 3.63) is 152 Å². The van der Waals surface area contributed by atoms with Gasteiger partial charge in [0.15, 0.2) is 53.5 Å². The van der Waals surface area contributed by atoms with Gasteiger partial charge in [-0.05, 0) is 83.1 Å². The highest BCUT2D eigenvalue weighted by molar-refractivity contribution is 5.27. The lowest BCUT2D eigenvalue weighted by molar-refractivity contribution is -0.0947. The van der Waals surface area contributed by atoms with Crippen LogP contribution in [-0.4, -0.2) is 254 Å². The maximum atomic E-state index is 13.4. The number of rotatable bonds is 10. The van der Waals surface area contributed by atoms with Gasteiger partial charge in [0.05, 0.1) is 36.7 Å². The molecule has 0 saturated carbocycles. The lowest BCUT2D eigenvalue weighted by Crippen LogP contribution is -2.49. The topological polar surface area (TPSA) is 650 Å². The highest BCUT2D eigenvalue weighted by atomic mass is 19.1. The molecule has 5 aromatic rings. The summed E-state index contributed by atoms with van der Waals surface area (Å²) in [7, 11) is 0. The molecule has 0 aromatic carbocycles. The van der Waals surface area contributed by atoms with Gasteiger partial charge in [-0.25, -0.2) is 28.8 Å². The highest BCUT2D eigenvalue weighted by Gasteiger charge is 2.62. The number of ether oxygens (including phenoxy) is 5. The molecule has 108 heavy (non-hydrogen) atoms. The average molecular weight is 1530 g/mol. The molecule has 588 valence electrons. The van der Waals surface area contributed by atoms with E-state index in [1.165, 1.54) is 83.1 Å². The van der Waals surface area contributed by atoms with Gasteiger partial charge in [0.2, 0.25) is 11.4 Å². The zero-order valence-corrected chi connectivity index (χ0v) is 59.3. The number of aliphatic hydroxyl groups is 15. The number of hydrogen-bond acceptors (Lipinski definition) is 32. The Kier molecular flexibility index (Phi) is 27.9. The summed E-state index contributed by atoms with van der Waals surface area (Å²) in [6.45, 7) is 17.0. The summed E-state index contributed by atoms with van der Waals surface area (Å²) < 4.78 is 44.4. The molecule has 5 unspecified atom stereocenters. The lowest BCUT2D eigenvalue weighted by atomic mass is 9.92. The third-order valence-corrected chi connectivity index (χ3v) is 17.1. The maximum Gasteiger partial charge on any atom is 0.350 e. The van der Waals surface area contributed by atoms with Crippen molar-refractivity contribution in [2.24, 2.45) is 0 Å². The second-order valence-corrected chi connectivity index (χ2v) is 25.0. The van der Waals surface area contributed by atoms with E-state index in [1.807, 2.05) is 9.97 Å². The first kappa shape index (κ1) is 87.1. The first-order chi connectivity index (χ1) is 50.3. The number of aryl methyl sites for hydroxylation is 2. The second kappa shape index (κ2) is 34.6. The van der Waals surface area contributed by atoms with E-state index in [1.54, 1.807) is 4.98 Å². The predicted molar refractivity (Wildman–Crippen MR) is 362 cm³/mol. The van der Waals surface area contributed by atoms with Crippen LogP contribution in [0.4, 0.5) is 4.39 Å². The van der Waals surface area contributed by atoms with E-state index in [0.29, 0.717) is 15.4 Å². The van der Waals surface area contributed by atoms with Crippen molar-refractivity contribution >= 4 is 0 Å². The summed E-state index contributed by atoms with van der Waals surface area (Å²) in [6, 6.07) is 2.32.